The molecule has 0 aromatic carbocycles. The van der Waals surface area contributed by atoms with E-state index in [1.807, 2.05) is 0 Å². The summed E-state index contributed by atoms with van der Waals surface area (Å²) in [6, 6.07) is 0. The molecule has 1 heterocycles. The Morgan fingerprint density at radius 1 is 0.923 bits per heavy atom. The summed E-state index contributed by atoms with van der Waals surface area (Å²) in [6.07, 6.45) is -6.51. The first-order chi connectivity index (χ1) is 6.07. The molecule has 0 radical (unpaired) electrons. The van der Waals surface area contributed by atoms with Crippen molar-refractivity contribution in [2.75, 3.05) is 6.61 Å². The average molecular weight is 194 g/mol. The second-order valence-electron chi connectivity index (χ2n) is 3.05. The van der Waals surface area contributed by atoms with Gasteiger partial charge in [0.15, 0.2) is 6.29 Å². The lowest BCUT2D eigenvalue weighted by Crippen LogP contribution is -2.57. The van der Waals surface area contributed by atoms with Crippen molar-refractivity contribution in [1.82, 2.24) is 0 Å². The van der Waals surface area contributed by atoms with E-state index < -0.39 is 30.7 Å². The fourth-order valence-corrected chi connectivity index (χ4v) is 1.30. The van der Waals surface area contributed by atoms with E-state index in [2.05, 4.69) is 0 Å². The molecule has 0 saturated carbocycles. The fraction of sp³-hybridized carbons (Fsp3) is 1.00. The molecule has 0 aliphatic carbocycles. The van der Waals surface area contributed by atoms with Gasteiger partial charge in [0.2, 0.25) is 0 Å². The van der Waals surface area contributed by atoms with Crippen molar-refractivity contribution in [2.24, 2.45) is 0 Å². The van der Waals surface area contributed by atoms with Crippen molar-refractivity contribution in [2.45, 2.75) is 37.1 Å². The zero-order valence-electron chi connectivity index (χ0n) is 6.95. The summed E-state index contributed by atoms with van der Waals surface area (Å²) in [5, 5.41) is 45.1. The first kappa shape index (κ1) is 10.8. The van der Waals surface area contributed by atoms with Crippen LogP contribution in [0.3, 0.4) is 0 Å². The highest BCUT2D eigenvalue weighted by atomic mass is 16.6. The first-order valence-electron chi connectivity index (χ1n) is 4.06. The van der Waals surface area contributed by atoms with Gasteiger partial charge < -0.3 is 30.3 Å². The van der Waals surface area contributed by atoms with E-state index in [1.54, 1.807) is 0 Å². The highest BCUT2D eigenvalue weighted by Gasteiger charge is 2.42. The maximum atomic E-state index is 9.30. The third-order valence-electron chi connectivity index (χ3n) is 2.10. The maximum absolute atomic E-state index is 9.30. The fourth-order valence-electron chi connectivity index (χ4n) is 1.30. The van der Waals surface area contributed by atoms with Crippen LogP contribution in [-0.4, -0.2) is 62.8 Å². The van der Waals surface area contributed by atoms with E-state index in [0.29, 0.717) is 0 Å². The van der Waals surface area contributed by atoms with E-state index in [0.717, 1.165) is 0 Å². The van der Waals surface area contributed by atoms with Gasteiger partial charge >= 0.3 is 0 Å². The lowest BCUT2D eigenvalue weighted by molar-refractivity contribution is -0.283. The molecule has 1 aliphatic rings. The molecule has 1 saturated heterocycles. The summed E-state index contributed by atoms with van der Waals surface area (Å²) in [5.41, 5.74) is 0. The summed E-state index contributed by atoms with van der Waals surface area (Å²) in [5.74, 6) is 0. The van der Waals surface area contributed by atoms with Gasteiger partial charge in [0.25, 0.3) is 0 Å². The molecular formula is C7H14O6. The van der Waals surface area contributed by atoms with Gasteiger partial charge in [0, 0.05) is 6.61 Å². The summed E-state index contributed by atoms with van der Waals surface area (Å²) in [7, 11) is 0. The van der Waals surface area contributed by atoms with Gasteiger partial charge in [-0.05, 0) is 6.42 Å². The van der Waals surface area contributed by atoms with Gasteiger partial charge in [-0.2, -0.15) is 0 Å². The third kappa shape index (κ3) is 2.16. The Hall–Kier alpha value is -0.240. The van der Waals surface area contributed by atoms with E-state index in [4.69, 9.17) is 20.1 Å². The van der Waals surface area contributed by atoms with Crippen molar-refractivity contribution in [3.8, 4) is 0 Å². The summed E-state index contributed by atoms with van der Waals surface area (Å²) >= 11 is 0. The van der Waals surface area contributed by atoms with Crippen molar-refractivity contribution in [3.63, 3.8) is 0 Å². The number of hydrogen-bond acceptors (Lipinski definition) is 6. The van der Waals surface area contributed by atoms with E-state index in [1.165, 1.54) is 0 Å². The highest BCUT2D eigenvalue weighted by Crippen LogP contribution is 2.21. The van der Waals surface area contributed by atoms with Crippen molar-refractivity contribution in [1.29, 1.82) is 0 Å². The van der Waals surface area contributed by atoms with Crippen LogP contribution in [0.5, 0.6) is 0 Å². The van der Waals surface area contributed by atoms with Gasteiger partial charge in [-0.15, -0.1) is 0 Å². The number of ether oxygens (including phenoxy) is 1. The Morgan fingerprint density at radius 2 is 1.54 bits per heavy atom. The topological polar surface area (TPSA) is 110 Å². The predicted octanol–water partition coefficient (Wildman–Crippen LogP) is -2.83. The Morgan fingerprint density at radius 3 is 2.08 bits per heavy atom. The van der Waals surface area contributed by atoms with Crippen LogP contribution >= 0.6 is 0 Å². The second-order valence-corrected chi connectivity index (χ2v) is 3.05. The van der Waals surface area contributed by atoms with Crippen LogP contribution in [0.15, 0.2) is 0 Å². The molecule has 0 spiro atoms. The highest BCUT2D eigenvalue weighted by molar-refractivity contribution is 4.88. The molecule has 6 heteroatoms. The quantitative estimate of drug-likeness (QED) is 0.324. The van der Waals surface area contributed by atoms with Crippen LogP contribution in [-0.2, 0) is 4.74 Å². The number of aliphatic hydroxyl groups is 5. The number of aliphatic hydroxyl groups excluding tert-OH is 5. The van der Waals surface area contributed by atoms with Crippen LogP contribution in [0.4, 0.5) is 0 Å². The van der Waals surface area contributed by atoms with Gasteiger partial charge in [0.05, 0.1) is 6.10 Å². The molecule has 0 bridgehead atoms. The van der Waals surface area contributed by atoms with Crippen LogP contribution in [0.2, 0.25) is 0 Å². The Balaban J connectivity index is 2.59. The smallest absolute Gasteiger partial charge is 0.183 e. The molecule has 0 aromatic heterocycles. The lowest BCUT2D eigenvalue weighted by atomic mass is 9.97. The molecule has 1 rings (SSSR count). The molecular weight excluding hydrogens is 180 g/mol. The molecule has 6 nitrogen and oxygen atoms in total. The zero-order valence-corrected chi connectivity index (χ0v) is 6.95. The van der Waals surface area contributed by atoms with Gasteiger partial charge in [-0.1, -0.05) is 0 Å². The van der Waals surface area contributed by atoms with E-state index in [9.17, 15) is 10.2 Å². The molecule has 1 aliphatic heterocycles. The molecule has 13 heavy (non-hydrogen) atoms. The average Bonchev–Trinajstić information content (AvgIpc) is 2.11. The maximum Gasteiger partial charge on any atom is 0.183 e. The molecule has 1 fully saturated rings. The molecule has 5 N–H and O–H groups in total. The summed E-state index contributed by atoms with van der Waals surface area (Å²) < 4.78 is 4.76. The molecule has 78 valence electrons. The van der Waals surface area contributed by atoms with Crippen molar-refractivity contribution >= 4 is 0 Å². The predicted molar refractivity (Wildman–Crippen MR) is 40.6 cm³/mol. The summed E-state index contributed by atoms with van der Waals surface area (Å²) in [4.78, 5) is 0. The Labute approximate surface area is 75.0 Å². The largest absolute Gasteiger partial charge is 0.396 e. The number of hydrogen-bond donors (Lipinski definition) is 5. The first-order valence-corrected chi connectivity index (χ1v) is 4.06. The monoisotopic (exact) mass is 194 g/mol. The number of rotatable bonds is 2. The lowest BCUT2D eigenvalue weighted by Gasteiger charge is -2.38. The van der Waals surface area contributed by atoms with Gasteiger partial charge in [0.1, 0.15) is 18.3 Å². The molecule has 0 aromatic rings. The zero-order chi connectivity index (χ0) is 10.0. The molecule has 1 unspecified atom stereocenters. The second kappa shape index (κ2) is 4.32. The van der Waals surface area contributed by atoms with Gasteiger partial charge in [-0.25, -0.2) is 0 Å². The van der Waals surface area contributed by atoms with Crippen LogP contribution in [0.25, 0.3) is 0 Å². The summed E-state index contributed by atoms with van der Waals surface area (Å²) in [6.45, 7) is -0.225. The minimum Gasteiger partial charge on any atom is -0.396 e. The van der Waals surface area contributed by atoms with Crippen molar-refractivity contribution in [3.05, 3.63) is 0 Å². The standard InChI is InChI=1S/C7H14O6/c8-2-1-3-4(9)5(10)6(11)7(12)13-3/h3-12H,1-2H2/t3-,4-,5-,6+,7?/m1/s1. The minimum absolute atomic E-state index is 0.0992. The third-order valence-corrected chi connectivity index (χ3v) is 2.10. The molecule has 0 amide bonds. The van der Waals surface area contributed by atoms with Crippen LogP contribution in [0.1, 0.15) is 6.42 Å². The van der Waals surface area contributed by atoms with E-state index in [-0.39, 0.29) is 13.0 Å². The minimum atomic E-state index is -1.52. The SMILES string of the molecule is OCC[C@H]1OC(O)[C@@H](O)[C@H](O)[C@@H]1O. The Kier molecular flexibility index (Phi) is 3.60. The Bertz CT molecular complexity index is 163. The normalized spacial score (nSPS) is 46.4. The van der Waals surface area contributed by atoms with Gasteiger partial charge in [-0.3, -0.25) is 0 Å². The van der Waals surface area contributed by atoms with E-state index >= 15 is 0 Å². The van der Waals surface area contributed by atoms with Crippen LogP contribution < -0.4 is 0 Å². The van der Waals surface area contributed by atoms with Crippen LogP contribution in [0, 0.1) is 0 Å². The van der Waals surface area contributed by atoms with Crippen molar-refractivity contribution < 1.29 is 30.3 Å². The molecule has 5 atom stereocenters.